The lowest BCUT2D eigenvalue weighted by Gasteiger charge is -2.19. The van der Waals surface area contributed by atoms with Crippen LogP contribution in [-0.4, -0.2) is 69.0 Å². The van der Waals surface area contributed by atoms with Gasteiger partial charge < -0.3 is 30.1 Å². The van der Waals surface area contributed by atoms with Gasteiger partial charge >= 0.3 is 0 Å². The van der Waals surface area contributed by atoms with Crippen molar-refractivity contribution in [2.24, 2.45) is 10.9 Å². The highest BCUT2D eigenvalue weighted by Crippen LogP contribution is 2.28. The highest BCUT2D eigenvalue weighted by Gasteiger charge is 2.10. The van der Waals surface area contributed by atoms with Gasteiger partial charge in [0.25, 0.3) is 0 Å². The van der Waals surface area contributed by atoms with Gasteiger partial charge in [-0.05, 0) is 56.5 Å². The minimum absolute atomic E-state index is 0.225. The summed E-state index contributed by atoms with van der Waals surface area (Å²) in [6, 6.07) is 5.99. The van der Waals surface area contributed by atoms with E-state index in [9.17, 15) is 5.11 Å². The van der Waals surface area contributed by atoms with Crippen molar-refractivity contribution >= 4 is 5.96 Å². The molecule has 0 aliphatic carbocycles. The van der Waals surface area contributed by atoms with Crippen LogP contribution in [0.4, 0.5) is 0 Å². The molecule has 0 amide bonds. The Bertz CT molecular complexity index is 615. The zero-order valence-corrected chi connectivity index (χ0v) is 20.2. The smallest absolute Gasteiger partial charge is 0.191 e. The molecule has 0 aromatic heterocycles. The van der Waals surface area contributed by atoms with E-state index in [0.717, 1.165) is 75.0 Å². The molecule has 0 saturated heterocycles. The fourth-order valence-electron chi connectivity index (χ4n) is 3.45. The van der Waals surface area contributed by atoms with Gasteiger partial charge in [0.05, 0.1) is 13.7 Å². The van der Waals surface area contributed by atoms with Gasteiger partial charge in [-0.3, -0.25) is 0 Å². The van der Waals surface area contributed by atoms with Crippen LogP contribution < -0.4 is 20.1 Å². The second-order valence-corrected chi connectivity index (χ2v) is 7.60. The third-order valence-corrected chi connectivity index (χ3v) is 5.34. The first-order chi connectivity index (χ1) is 15.1. The molecule has 0 spiro atoms. The molecule has 7 nitrogen and oxygen atoms in total. The third-order valence-electron chi connectivity index (χ3n) is 5.34. The Morgan fingerprint density at radius 3 is 2.48 bits per heavy atom. The first kappa shape index (κ1) is 27.0. The summed E-state index contributed by atoms with van der Waals surface area (Å²) in [5, 5.41) is 16.0. The van der Waals surface area contributed by atoms with E-state index in [0.29, 0.717) is 19.1 Å². The molecule has 0 bridgehead atoms. The van der Waals surface area contributed by atoms with Gasteiger partial charge in [0.1, 0.15) is 6.61 Å². The number of nitrogens with one attached hydrogen (secondary N) is 2. The predicted octanol–water partition coefficient (Wildman–Crippen LogP) is 3.27. The van der Waals surface area contributed by atoms with Crippen LogP contribution in [0.5, 0.6) is 11.5 Å². The third kappa shape index (κ3) is 10.7. The van der Waals surface area contributed by atoms with Crippen molar-refractivity contribution in [3.63, 3.8) is 0 Å². The minimum atomic E-state index is 0.225. The van der Waals surface area contributed by atoms with E-state index in [4.69, 9.17) is 14.5 Å². The largest absolute Gasteiger partial charge is 0.493 e. The number of ether oxygens (including phenoxy) is 2. The Balaban J connectivity index is 2.71. The number of nitrogens with zero attached hydrogens (tertiary/aromatic N) is 2. The average molecular weight is 437 g/mol. The van der Waals surface area contributed by atoms with Crippen LogP contribution in [-0.2, 0) is 6.54 Å². The maximum absolute atomic E-state index is 9.26. The Morgan fingerprint density at radius 1 is 1.10 bits per heavy atom. The van der Waals surface area contributed by atoms with Gasteiger partial charge in [-0.15, -0.1) is 0 Å². The summed E-state index contributed by atoms with van der Waals surface area (Å²) in [7, 11) is 1.67. The van der Waals surface area contributed by atoms with Crippen molar-refractivity contribution in [1.82, 2.24) is 15.5 Å². The lowest BCUT2D eigenvalue weighted by atomic mass is 10.0. The summed E-state index contributed by atoms with van der Waals surface area (Å²) in [6.07, 6.45) is 3.02. The molecule has 1 rings (SSSR count). The average Bonchev–Trinajstić information content (AvgIpc) is 2.79. The van der Waals surface area contributed by atoms with Crippen LogP contribution in [0.3, 0.4) is 0 Å². The highest BCUT2D eigenvalue weighted by atomic mass is 16.5. The first-order valence-electron chi connectivity index (χ1n) is 11.8. The maximum Gasteiger partial charge on any atom is 0.191 e. The highest BCUT2D eigenvalue weighted by molar-refractivity contribution is 5.79. The SMILES string of the molecule is CCCC(CCO)CNC(=NCc1ccc(OCCN(CC)CC)c(OC)c1)NCC. The molecule has 1 aromatic carbocycles. The van der Waals surface area contributed by atoms with Crippen molar-refractivity contribution < 1.29 is 14.6 Å². The number of hydrogen-bond donors (Lipinski definition) is 3. The molecule has 1 aromatic rings. The van der Waals surface area contributed by atoms with Crippen LogP contribution in [0.15, 0.2) is 23.2 Å². The van der Waals surface area contributed by atoms with Crippen molar-refractivity contribution in [2.75, 3.05) is 53.0 Å². The van der Waals surface area contributed by atoms with E-state index in [1.165, 1.54) is 0 Å². The topological polar surface area (TPSA) is 78.3 Å². The molecule has 31 heavy (non-hydrogen) atoms. The predicted molar refractivity (Wildman–Crippen MR) is 129 cm³/mol. The van der Waals surface area contributed by atoms with Crippen LogP contribution in [0.1, 0.15) is 52.5 Å². The summed E-state index contributed by atoms with van der Waals surface area (Å²) >= 11 is 0. The standard InChI is InChI=1S/C24H44N4O3/c1-6-10-20(13-15-29)18-26-24(25-7-2)27-19-21-11-12-22(23(17-21)30-5)31-16-14-28(8-3)9-4/h11-12,17,20,29H,6-10,13-16,18-19H2,1-5H3,(H2,25,26,27). The van der Waals surface area contributed by atoms with Gasteiger partial charge in [0.15, 0.2) is 17.5 Å². The van der Waals surface area contributed by atoms with Crippen LogP contribution in [0, 0.1) is 5.92 Å². The normalized spacial score (nSPS) is 12.7. The Kier molecular flexibility index (Phi) is 14.5. The molecule has 0 fully saturated rings. The molecule has 0 aliphatic heterocycles. The Hall–Kier alpha value is -1.99. The molecule has 178 valence electrons. The van der Waals surface area contributed by atoms with E-state index < -0.39 is 0 Å². The molecular formula is C24H44N4O3. The van der Waals surface area contributed by atoms with Gasteiger partial charge in [-0.2, -0.15) is 0 Å². The van der Waals surface area contributed by atoms with Crippen LogP contribution in [0.25, 0.3) is 0 Å². The summed E-state index contributed by atoms with van der Waals surface area (Å²) in [5.74, 6) is 2.74. The van der Waals surface area contributed by atoms with Crippen molar-refractivity contribution in [3.8, 4) is 11.5 Å². The number of benzene rings is 1. The number of aliphatic hydroxyl groups is 1. The fraction of sp³-hybridized carbons (Fsp3) is 0.708. The van der Waals surface area contributed by atoms with E-state index in [1.807, 2.05) is 18.2 Å². The van der Waals surface area contributed by atoms with Gasteiger partial charge in [-0.25, -0.2) is 4.99 Å². The summed E-state index contributed by atoms with van der Waals surface area (Å²) < 4.78 is 11.5. The first-order valence-corrected chi connectivity index (χ1v) is 11.8. The molecule has 0 radical (unpaired) electrons. The van der Waals surface area contributed by atoms with Crippen molar-refractivity contribution in [1.29, 1.82) is 0 Å². The number of rotatable bonds is 16. The molecule has 3 N–H and O–H groups in total. The van der Waals surface area contributed by atoms with Crippen LogP contribution in [0.2, 0.25) is 0 Å². The number of guanidine groups is 1. The molecule has 7 heteroatoms. The monoisotopic (exact) mass is 436 g/mol. The number of likely N-dealkylation sites (N-methyl/N-ethyl adjacent to an activating group) is 1. The van der Waals surface area contributed by atoms with Gasteiger partial charge in [0, 0.05) is 26.2 Å². The summed E-state index contributed by atoms with van der Waals surface area (Å²) in [4.78, 5) is 7.05. The lowest BCUT2D eigenvalue weighted by molar-refractivity contribution is 0.217. The molecular weight excluding hydrogens is 392 g/mol. The Morgan fingerprint density at radius 2 is 1.87 bits per heavy atom. The summed E-state index contributed by atoms with van der Waals surface area (Å²) in [6.45, 7) is 14.5. The maximum atomic E-state index is 9.26. The molecule has 1 unspecified atom stereocenters. The van der Waals surface area contributed by atoms with E-state index in [-0.39, 0.29) is 6.61 Å². The van der Waals surface area contributed by atoms with Gasteiger partial charge in [-0.1, -0.05) is 33.3 Å². The second kappa shape index (κ2) is 16.7. The number of aliphatic hydroxyl groups excluding tert-OH is 1. The molecule has 0 aliphatic rings. The second-order valence-electron chi connectivity index (χ2n) is 7.60. The van der Waals surface area contributed by atoms with Gasteiger partial charge in [0.2, 0.25) is 0 Å². The van der Waals surface area contributed by atoms with E-state index in [2.05, 4.69) is 43.2 Å². The molecule has 0 heterocycles. The fourth-order valence-corrected chi connectivity index (χ4v) is 3.45. The van der Waals surface area contributed by atoms with E-state index >= 15 is 0 Å². The van der Waals surface area contributed by atoms with Crippen LogP contribution >= 0.6 is 0 Å². The quantitative estimate of drug-likeness (QED) is 0.273. The van der Waals surface area contributed by atoms with E-state index in [1.54, 1.807) is 7.11 Å². The summed E-state index contributed by atoms with van der Waals surface area (Å²) in [5.41, 5.74) is 1.06. The number of hydrogen-bond acceptors (Lipinski definition) is 5. The number of aliphatic imine (C=N–C) groups is 1. The zero-order chi connectivity index (χ0) is 22.9. The zero-order valence-electron chi connectivity index (χ0n) is 20.2. The van der Waals surface area contributed by atoms with Crippen molar-refractivity contribution in [3.05, 3.63) is 23.8 Å². The minimum Gasteiger partial charge on any atom is -0.493 e. The van der Waals surface area contributed by atoms with Crippen molar-refractivity contribution in [2.45, 2.75) is 53.5 Å². The number of methoxy groups -OCH3 is 1. The molecule has 0 saturated carbocycles. The lowest BCUT2D eigenvalue weighted by Crippen LogP contribution is -2.40. The Labute approximate surface area is 189 Å². The molecule has 1 atom stereocenters.